The van der Waals surface area contributed by atoms with Crippen LogP contribution in [0.2, 0.25) is 0 Å². The summed E-state index contributed by atoms with van der Waals surface area (Å²) in [6.45, 7) is 7.81. The molecule has 2 aliphatic rings. The summed E-state index contributed by atoms with van der Waals surface area (Å²) < 4.78 is 0. The van der Waals surface area contributed by atoms with Crippen molar-refractivity contribution in [3.8, 4) is 0 Å². The number of nitrogens with zero attached hydrogens (tertiary/aromatic N) is 2. The highest BCUT2D eigenvalue weighted by molar-refractivity contribution is 5.60. The van der Waals surface area contributed by atoms with E-state index in [1.807, 2.05) is 0 Å². The van der Waals surface area contributed by atoms with Gasteiger partial charge in [0.1, 0.15) is 0 Å². The van der Waals surface area contributed by atoms with Crippen molar-refractivity contribution in [1.29, 1.82) is 0 Å². The third kappa shape index (κ3) is 2.49. The molecule has 1 aromatic rings. The van der Waals surface area contributed by atoms with Gasteiger partial charge in [-0.3, -0.25) is 4.90 Å². The normalized spacial score (nSPS) is 24.3. The zero-order valence-corrected chi connectivity index (χ0v) is 11.9. The van der Waals surface area contributed by atoms with Gasteiger partial charge in [-0.2, -0.15) is 0 Å². The molecule has 1 unspecified atom stereocenters. The molecule has 3 nitrogen and oxygen atoms in total. The van der Waals surface area contributed by atoms with Crippen molar-refractivity contribution in [2.24, 2.45) is 5.73 Å². The molecule has 0 aliphatic carbocycles. The maximum absolute atomic E-state index is 5.91. The molecule has 0 spiro atoms. The molecule has 3 heteroatoms. The molecular formula is C16H25N3. The second-order valence-corrected chi connectivity index (χ2v) is 5.92. The van der Waals surface area contributed by atoms with Crippen molar-refractivity contribution in [3.05, 3.63) is 29.3 Å². The average Bonchev–Trinajstić information content (AvgIpc) is 3.08. The van der Waals surface area contributed by atoms with Crippen molar-refractivity contribution in [2.45, 2.75) is 38.8 Å². The van der Waals surface area contributed by atoms with Crippen LogP contribution in [0, 0.1) is 6.92 Å². The molecule has 0 saturated carbocycles. The summed E-state index contributed by atoms with van der Waals surface area (Å²) >= 11 is 0. The Kier molecular flexibility index (Phi) is 3.76. The van der Waals surface area contributed by atoms with Crippen LogP contribution in [-0.4, -0.2) is 37.1 Å². The summed E-state index contributed by atoms with van der Waals surface area (Å²) in [4.78, 5) is 5.24. The first-order valence-corrected chi connectivity index (χ1v) is 7.57. The van der Waals surface area contributed by atoms with Crippen molar-refractivity contribution in [3.63, 3.8) is 0 Å². The molecule has 1 atom stereocenters. The van der Waals surface area contributed by atoms with Crippen LogP contribution in [0.3, 0.4) is 0 Å². The van der Waals surface area contributed by atoms with Crippen LogP contribution in [0.4, 0.5) is 5.69 Å². The Labute approximate surface area is 116 Å². The summed E-state index contributed by atoms with van der Waals surface area (Å²) in [5, 5.41) is 0. The van der Waals surface area contributed by atoms with E-state index in [2.05, 4.69) is 34.9 Å². The van der Waals surface area contributed by atoms with Gasteiger partial charge in [0.05, 0.1) is 0 Å². The highest BCUT2D eigenvalue weighted by atomic mass is 15.3. The summed E-state index contributed by atoms with van der Waals surface area (Å²) in [6, 6.07) is 7.26. The van der Waals surface area contributed by atoms with E-state index in [1.54, 1.807) is 0 Å². The Morgan fingerprint density at radius 1 is 1.21 bits per heavy atom. The number of para-hydroxylation sites is 1. The smallest absolute Gasteiger partial charge is 0.0442 e. The van der Waals surface area contributed by atoms with Gasteiger partial charge in [-0.15, -0.1) is 0 Å². The molecule has 19 heavy (non-hydrogen) atoms. The first-order chi connectivity index (χ1) is 9.29. The third-order valence-electron chi connectivity index (χ3n) is 4.68. The minimum absolute atomic E-state index is 0.641. The number of benzene rings is 1. The summed E-state index contributed by atoms with van der Waals surface area (Å²) in [7, 11) is 0. The van der Waals surface area contributed by atoms with Crippen molar-refractivity contribution < 1.29 is 0 Å². The Morgan fingerprint density at radius 2 is 2.00 bits per heavy atom. The Bertz CT molecular complexity index is 438. The summed E-state index contributed by atoms with van der Waals surface area (Å²) in [5.74, 6) is 0. The maximum Gasteiger partial charge on any atom is 0.0442 e. The van der Waals surface area contributed by atoms with Crippen LogP contribution in [0.5, 0.6) is 0 Å². The molecule has 2 fully saturated rings. The molecule has 0 radical (unpaired) electrons. The molecule has 0 amide bonds. The van der Waals surface area contributed by atoms with E-state index >= 15 is 0 Å². The highest BCUT2D eigenvalue weighted by Crippen LogP contribution is 2.30. The minimum Gasteiger partial charge on any atom is -0.369 e. The van der Waals surface area contributed by atoms with Gasteiger partial charge < -0.3 is 10.6 Å². The fraction of sp³-hybridized carbons (Fsp3) is 0.625. The number of hydrogen-bond donors (Lipinski definition) is 1. The van der Waals surface area contributed by atoms with E-state index in [9.17, 15) is 0 Å². The van der Waals surface area contributed by atoms with Gasteiger partial charge >= 0.3 is 0 Å². The zero-order valence-electron chi connectivity index (χ0n) is 11.9. The van der Waals surface area contributed by atoms with E-state index in [0.717, 1.165) is 6.04 Å². The second-order valence-electron chi connectivity index (χ2n) is 5.92. The lowest BCUT2D eigenvalue weighted by Crippen LogP contribution is -2.35. The van der Waals surface area contributed by atoms with Gasteiger partial charge in [0, 0.05) is 31.4 Å². The molecule has 1 aromatic carbocycles. The number of likely N-dealkylation sites (tertiary alicyclic amines) is 1. The van der Waals surface area contributed by atoms with Gasteiger partial charge in [0.15, 0.2) is 0 Å². The van der Waals surface area contributed by atoms with Crippen LogP contribution in [0.1, 0.15) is 30.4 Å². The largest absolute Gasteiger partial charge is 0.369 e. The van der Waals surface area contributed by atoms with Gasteiger partial charge in [-0.1, -0.05) is 18.2 Å². The topological polar surface area (TPSA) is 32.5 Å². The molecule has 0 bridgehead atoms. The van der Waals surface area contributed by atoms with Crippen molar-refractivity contribution in [2.75, 3.05) is 31.1 Å². The number of hydrogen-bond acceptors (Lipinski definition) is 3. The minimum atomic E-state index is 0.641. The monoisotopic (exact) mass is 259 g/mol. The molecule has 2 saturated heterocycles. The predicted octanol–water partition coefficient (Wildman–Crippen LogP) is 2.13. The quantitative estimate of drug-likeness (QED) is 0.902. The lowest BCUT2D eigenvalue weighted by Gasteiger charge is -2.26. The number of aryl methyl sites for hydroxylation is 1. The van der Waals surface area contributed by atoms with E-state index < -0.39 is 0 Å². The Morgan fingerprint density at radius 3 is 2.74 bits per heavy atom. The molecule has 2 N–H and O–H groups in total. The summed E-state index contributed by atoms with van der Waals surface area (Å²) in [5.41, 5.74) is 9.96. The first-order valence-electron chi connectivity index (χ1n) is 7.57. The van der Waals surface area contributed by atoms with Crippen molar-refractivity contribution >= 4 is 5.69 Å². The zero-order chi connectivity index (χ0) is 13.2. The lowest BCUT2D eigenvalue weighted by molar-refractivity contribution is 0.260. The van der Waals surface area contributed by atoms with Gasteiger partial charge in [-0.05, 0) is 50.4 Å². The van der Waals surface area contributed by atoms with Gasteiger partial charge in [-0.25, -0.2) is 0 Å². The van der Waals surface area contributed by atoms with E-state index in [1.165, 1.54) is 62.3 Å². The maximum atomic E-state index is 5.91. The summed E-state index contributed by atoms with van der Waals surface area (Å²) in [6.07, 6.45) is 4.07. The Balaban J connectivity index is 1.77. The average molecular weight is 259 g/mol. The lowest BCUT2D eigenvalue weighted by atomic mass is 10.1. The SMILES string of the molecule is Cc1cccc(CN)c1N1CCC(N2CCCC2)C1. The fourth-order valence-electron chi connectivity index (χ4n) is 3.69. The molecule has 3 rings (SSSR count). The Hall–Kier alpha value is -1.06. The van der Waals surface area contributed by atoms with Crippen LogP contribution in [-0.2, 0) is 6.54 Å². The van der Waals surface area contributed by atoms with Crippen LogP contribution in [0.25, 0.3) is 0 Å². The van der Waals surface area contributed by atoms with Crippen LogP contribution in [0.15, 0.2) is 18.2 Å². The number of rotatable bonds is 3. The number of anilines is 1. The van der Waals surface area contributed by atoms with Gasteiger partial charge in [0.25, 0.3) is 0 Å². The first kappa shape index (κ1) is 12.9. The van der Waals surface area contributed by atoms with Crippen LogP contribution < -0.4 is 10.6 Å². The second kappa shape index (κ2) is 5.51. The molecule has 2 aliphatic heterocycles. The standard InChI is InChI=1S/C16H25N3/c1-13-5-4-6-14(11-17)16(13)19-10-7-15(12-19)18-8-2-3-9-18/h4-6,15H,2-3,7-12,17H2,1H3. The fourth-order valence-corrected chi connectivity index (χ4v) is 3.69. The van der Waals surface area contributed by atoms with Crippen molar-refractivity contribution in [1.82, 2.24) is 4.90 Å². The number of nitrogens with two attached hydrogens (primary N) is 1. The van der Waals surface area contributed by atoms with Gasteiger partial charge in [0.2, 0.25) is 0 Å². The predicted molar refractivity (Wildman–Crippen MR) is 80.5 cm³/mol. The molecule has 2 heterocycles. The van der Waals surface area contributed by atoms with E-state index in [-0.39, 0.29) is 0 Å². The highest BCUT2D eigenvalue weighted by Gasteiger charge is 2.30. The van der Waals surface area contributed by atoms with E-state index in [4.69, 9.17) is 5.73 Å². The molecule has 104 valence electrons. The van der Waals surface area contributed by atoms with E-state index in [0.29, 0.717) is 6.54 Å². The molecule has 0 aromatic heterocycles. The third-order valence-corrected chi connectivity index (χ3v) is 4.68. The van der Waals surface area contributed by atoms with Crippen LogP contribution >= 0.6 is 0 Å². The molecular weight excluding hydrogens is 234 g/mol.